The second-order valence-corrected chi connectivity index (χ2v) is 10.0. The molecule has 2 aromatic carbocycles. The number of hydrogen-bond donors (Lipinski definition) is 2. The predicted molar refractivity (Wildman–Crippen MR) is 138 cm³/mol. The topological polar surface area (TPSA) is 73.9 Å². The van der Waals surface area contributed by atoms with E-state index in [1.54, 1.807) is 4.90 Å². The SMILES string of the molecule is Cc1cccc(NC(=O)N2CCCC(C(=O)NCc3ccccc3CN3CC(C)OC(C)C3)C2)c1. The number of hydrogen-bond acceptors (Lipinski definition) is 4. The zero-order valence-electron chi connectivity index (χ0n) is 21.1. The van der Waals surface area contributed by atoms with Crippen molar-refractivity contribution in [2.45, 2.75) is 58.9 Å². The standard InChI is InChI=1S/C28H38N4O3/c1-20-8-6-12-26(14-20)30-28(34)32-13-7-11-25(19-32)27(33)29-15-23-9-4-5-10-24(23)18-31-16-21(2)35-22(3)17-31/h4-6,8-10,12,14,21-22,25H,7,11,13,15-19H2,1-3H3,(H,29,33)(H,30,34). The Bertz CT molecular complexity index is 1020. The van der Waals surface area contributed by atoms with Gasteiger partial charge in [0.1, 0.15) is 0 Å². The van der Waals surface area contributed by atoms with Gasteiger partial charge in [0, 0.05) is 45.0 Å². The van der Waals surface area contributed by atoms with E-state index in [1.807, 2.05) is 37.3 Å². The molecule has 35 heavy (non-hydrogen) atoms. The maximum absolute atomic E-state index is 13.0. The van der Waals surface area contributed by atoms with Gasteiger partial charge in [-0.3, -0.25) is 9.69 Å². The molecule has 2 aromatic rings. The van der Waals surface area contributed by atoms with Crippen LogP contribution in [0.3, 0.4) is 0 Å². The molecule has 2 fully saturated rings. The van der Waals surface area contributed by atoms with Gasteiger partial charge in [-0.15, -0.1) is 0 Å². The number of nitrogens with one attached hydrogen (secondary N) is 2. The van der Waals surface area contributed by atoms with E-state index in [0.717, 1.165) is 49.3 Å². The Hall–Kier alpha value is -2.90. The van der Waals surface area contributed by atoms with Gasteiger partial charge in [0.05, 0.1) is 18.1 Å². The zero-order chi connectivity index (χ0) is 24.8. The molecule has 3 amide bonds. The maximum Gasteiger partial charge on any atom is 0.321 e. The zero-order valence-corrected chi connectivity index (χ0v) is 21.1. The minimum absolute atomic E-state index is 0.0153. The highest BCUT2D eigenvalue weighted by Crippen LogP contribution is 2.20. The highest BCUT2D eigenvalue weighted by Gasteiger charge is 2.29. The quantitative estimate of drug-likeness (QED) is 0.654. The molecule has 0 saturated carbocycles. The number of morpholine rings is 1. The van der Waals surface area contributed by atoms with Crippen LogP contribution in [0.4, 0.5) is 10.5 Å². The van der Waals surface area contributed by atoms with Crippen LogP contribution < -0.4 is 10.6 Å². The third-order valence-electron chi connectivity index (χ3n) is 6.81. The van der Waals surface area contributed by atoms with Gasteiger partial charge in [0.15, 0.2) is 0 Å². The molecule has 7 heteroatoms. The van der Waals surface area contributed by atoms with E-state index in [0.29, 0.717) is 19.6 Å². The molecule has 2 saturated heterocycles. The van der Waals surface area contributed by atoms with Crippen molar-refractivity contribution in [1.82, 2.24) is 15.1 Å². The van der Waals surface area contributed by atoms with Gasteiger partial charge in [-0.25, -0.2) is 4.79 Å². The molecule has 2 N–H and O–H groups in total. The minimum atomic E-state index is -0.194. The molecular formula is C28H38N4O3. The third kappa shape index (κ3) is 7.05. The fourth-order valence-corrected chi connectivity index (χ4v) is 5.17. The van der Waals surface area contributed by atoms with Crippen LogP contribution in [0.5, 0.6) is 0 Å². The van der Waals surface area contributed by atoms with Crippen LogP contribution in [0.2, 0.25) is 0 Å². The summed E-state index contributed by atoms with van der Waals surface area (Å²) in [6.07, 6.45) is 2.07. The molecular weight excluding hydrogens is 440 g/mol. The lowest BCUT2D eigenvalue weighted by Crippen LogP contribution is -2.47. The molecule has 0 aliphatic carbocycles. The first kappa shape index (κ1) is 25.2. The first-order valence-corrected chi connectivity index (χ1v) is 12.7. The summed E-state index contributed by atoms with van der Waals surface area (Å²) < 4.78 is 5.86. The lowest BCUT2D eigenvalue weighted by molar-refractivity contribution is -0.126. The number of nitrogens with zero attached hydrogens (tertiary/aromatic N) is 2. The fraction of sp³-hybridized carbons (Fsp3) is 0.500. The van der Waals surface area contributed by atoms with E-state index in [-0.39, 0.29) is 30.1 Å². The monoisotopic (exact) mass is 478 g/mol. The molecule has 2 aliphatic rings. The van der Waals surface area contributed by atoms with Crippen molar-refractivity contribution in [1.29, 1.82) is 0 Å². The molecule has 3 unspecified atom stereocenters. The smallest absolute Gasteiger partial charge is 0.321 e. The van der Waals surface area contributed by atoms with Crippen LogP contribution in [0.15, 0.2) is 48.5 Å². The number of carbonyl (C=O) groups is 2. The molecule has 0 radical (unpaired) electrons. The molecule has 0 aromatic heterocycles. The number of anilines is 1. The lowest BCUT2D eigenvalue weighted by Gasteiger charge is -2.35. The molecule has 188 valence electrons. The van der Waals surface area contributed by atoms with Crippen molar-refractivity contribution < 1.29 is 14.3 Å². The summed E-state index contributed by atoms with van der Waals surface area (Å²) in [7, 11) is 0. The van der Waals surface area contributed by atoms with E-state index in [2.05, 4.69) is 47.6 Å². The Morgan fingerprint density at radius 2 is 1.74 bits per heavy atom. The van der Waals surface area contributed by atoms with E-state index in [1.165, 1.54) is 5.56 Å². The van der Waals surface area contributed by atoms with Crippen molar-refractivity contribution in [2.75, 3.05) is 31.5 Å². The van der Waals surface area contributed by atoms with E-state index < -0.39 is 0 Å². The molecule has 2 heterocycles. The lowest BCUT2D eigenvalue weighted by atomic mass is 9.97. The third-order valence-corrected chi connectivity index (χ3v) is 6.81. The number of amides is 3. The molecule has 2 aliphatic heterocycles. The van der Waals surface area contributed by atoms with E-state index in [9.17, 15) is 9.59 Å². The molecule has 0 bridgehead atoms. The summed E-state index contributed by atoms with van der Waals surface area (Å²) in [4.78, 5) is 30.0. The maximum atomic E-state index is 13.0. The molecule has 4 rings (SSSR count). The summed E-state index contributed by atoms with van der Waals surface area (Å²) in [5.74, 6) is -0.179. The average molecular weight is 479 g/mol. The summed E-state index contributed by atoms with van der Waals surface area (Å²) >= 11 is 0. The normalized spacial score (nSPS) is 23.1. The number of ether oxygens (including phenoxy) is 1. The number of likely N-dealkylation sites (tertiary alicyclic amines) is 1. The predicted octanol–water partition coefficient (Wildman–Crippen LogP) is 4.16. The van der Waals surface area contributed by atoms with Gasteiger partial charge >= 0.3 is 6.03 Å². The Morgan fingerprint density at radius 1 is 1.00 bits per heavy atom. The number of carbonyl (C=O) groups excluding carboxylic acids is 2. The molecule has 7 nitrogen and oxygen atoms in total. The minimum Gasteiger partial charge on any atom is -0.373 e. The van der Waals surface area contributed by atoms with Crippen LogP contribution in [-0.4, -0.2) is 60.1 Å². The largest absolute Gasteiger partial charge is 0.373 e. The first-order chi connectivity index (χ1) is 16.9. The summed E-state index contributed by atoms with van der Waals surface area (Å²) in [5, 5.41) is 6.10. The first-order valence-electron chi connectivity index (χ1n) is 12.7. The summed E-state index contributed by atoms with van der Waals surface area (Å²) in [6.45, 7) is 10.5. The second kappa shape index (κ2) is 11.7. The summed E-state index contributed by atoms with van der Waals surface area (Å²) in [6, 6.07) is 15.9. The van der Waals surface area contributed by atoms with Crippen molar-refractivity contribution in [3.05, 3.63) is 65.2 Å². The highest BCUT2D eigenvalue weighted by molar-refractivity contribution is 5.90. The van der Waals surface area contributed by atoms with Crippen molar-refractivity contribution >= 4 is 17.6 Å². The van der Waals surface area contributed by atoms with Crippen molar-refractivity contribution in [2.24, 2.45) is 5.92 Å². The number of benzene rings is 2. The van der Waals surface area contributed by atoms with Crippen LogP contribution in [0, 0.1) is 12.8 Å². The average Bonchev–Trinajstić information content (AvgIpc) is 2.83. The van der Waals surface area contributed by atoms with Crippen LogP contribution in [0.25, 0.3) is 0 Å². The van der Waals surface area contributed by atoms with Crippen molar-refractivity contribution in [3.8, 4) is 0 Å². The Balaban J connectivity index is 1.31. The van der Waals surface area contributed by atoms with E-state index >= 15 is 0 Å². The summed E-state index contributed by atoms with van der Waals surface area (Å²) in [5.41, 5.74) is 4.24. The van der Waals surface area contributed by atoms with Gasteiger partial charge in [-0.05, 0) is 62.4 Å². The van der Waals surface area contributed by atoms with Gasteiger partial charge in [-0.1, -0.05) is 36.4 Å². The second-order valence-electron chi connectivity index (χ2n) is 10.0. The highest BCUT2D eigenvalue weighted by atomic mass is 16.5. The number of piperidine rings is 1. The van der Waals surface area contributed by atoms with Crippen LogP contribution >= 0.6 is 0 Å². The van der Waals surface area contributed by atoms with Crippen LogP contribution in [0.1, 0.15) is 43.4 Å². The molecule has 0 spiro atoms. The number of aryl methyl sites for hydroxylation is 1. The number of rotatable bonds is 6. The van der Waals surface area contributed by atoms with Gasteiger partial charge < -0.3 is 20.3 Å². The van der Waals surface area contributed by atoms with Gasteiger partial charge in [0.2, 0.25) is 5.91 Å². The van der Waals surface area contributed by atoms with Gasteiger partial charge in [0.25, 0.3) is 0 Å². The Kier molecular flexibility index (Phi) is 8.42. The van der Waals surface area contributed by atoms with Gasteiger partial charge in [-0.2, -0.15) is 0 Å². The van der Waals surface area contributed by atoms with Crippen LogP contribution in [-0.2, 0) is 22.6 Å². The Labute approximate surface area is 208 Å². The Morgan fingerprint density at radius 3 is 2.49 bits per heavy atom. The fourth-order valence-electron chi connectivity index (χ4n) is 5.17. The molecule has 3 atom stereocenters. The van der Waals surface area contributed by atoms with Crippen molar-refractivity contribution in [3.63, 3.8) is 0 Å². The van der Waals surface area contributed by atoms with E-state index in [4.69, 9.17) is 4.74 Å². The number of urea groups is 1.